The lowest BCUT2D eigenvalue weighted by atomic mass is 10.0. The molecule has 0 unspecified atom stereocenters. The number of benzene rings is 2. The van der Waals surface area contributed by atoms with Crippen molar-refractivity contribution < 1.29 is 4.74 Å². The SMILES string of the molecule is CCc1cc(C#N)ccc1COc1cccc(/C(=C/C=N)NC)c1. The molecule has 0 fully saturated rings. The minimum absolute atomic E-state index is 0.460. The largest absolute Gasteiger partial charge is 0.489 e. The zero-order valence-corrected chi connectivity index (χ0v) is 14.0. The fraction of sp³-hybridized carbons (Fsp3) is 0.200. The molecular formula is C20H21N3O. The summed E-state index contributed by atoms with van der Waals surface area (Å²) in [5, 5.41) is 19.3. The van der Waals surface area contributed by atoms with Gasteiger partial charge < -0.3 is 15.5 Å². The third-order valence-electron chi connectivity index (χ3n) is 3.77. The van der Waals surface area contributed by atoms with Crippen LogP contribution in [0.2, 0.25) is 0 Å². The molecule has 4 nitrogen and oxygen atoms in total. The number of nitrogens with one attached hydrogen (secondary N) is 2. The molecule has 2 aromatic carbocycles. The van der Waals surface area contributed by atoms with E-state index in [0.717, 1.165) is 34.6 Å². The summed E-state index contributed by atoms with van der Waals surface area (Å²) in [7, 11) is 1.83. The maximum atomic E-state index is 9.00. The van der Waals surface area contributed by atoms with Crippen molar-refractivity contribution in [3.63, 3.8) is 0 Å². The quantitative estimate of drug-likeness (QED) is 0.760. The summed E-state index contributed by atoms with van der Waals surface area (Å²) >= 11 is 0. The van der Waals surface area contributed by atoms with Crippen LogP contribution in [0.3, 0.4) is 0 Å². The smallest absolute Gasteiger partial charge is 0.120 e. The zero-order chi connectivity index (χ0) is 17.4. The van der Waals surface area contributed by atoms with Crippen LogP contribution in [-0.2, 0) is 13.0 Å². The molecular weight excluding hydrogens is 298 g/mol. The fourth-order valence-electron chi connectivity index (χ4n) is 2.49. The number of hydrogen-bond acceptors (Lipinski definition) is 4. The summed E-state index contributed by atoms with van der Waals surface area (Å²) in [4.78, 5) is 0. The molecule has 0 aliphatic rings. The minimum atomic E-state index is 0.460. The van der Waals surface area contributed by atoms with Gasteiger partial charge in [-0.1, -0.05) is 25.1 Å². The number of nitrogens with zero attached hydrogens (tertiary/aromatic N) is 1. The van der Waals surface area contributed by atoms with E-state index in [1.807, 2.05) is 49.5 Å². The summed E-state index contributed by atoms with van der Waals surface area (Å²) in [5.74, 6) is 0.769. The van der Waals surface area contributed by atoms with E-state index in [9.17, 15) is 0 Å². The van der Waals surface area contributed by atoms with Crippen LogP contribution in [-0.4, -0.2) is 13.3 Å². The van der Waals surface area contributed by atoms with E-state index in [-0.39, 0.29) is 0 Å². The fourth-order valence-corrected chi connectivity index (χ4v) is 2.49. The topological polar surface area (TPSA) is 68.9 Å². The van der Waals surface area contributed by atoms with E-state index in [1.54, 1.807) is 6.08 Å². The van der Waals surface area contributed by atoms with Gasteiger partial charge in [-0.05, 0) is 47.9 Å². The van der Waals surface area contributed by atoms with Crippen LogP contribution in [0.25, 0.3) is 5.70 Å². The number of allylic oxidation sites excluding steroid dienone is 1. The molecule has 0 heterocycles. The molecule has 24 heavy (non-hydrogen) atoms. The van der Waals surface area contributed by atoms with Gasteiger partial charge >= 0.3 is 0 Å². The molecule has 0 atom stereocenters. The molecule has 0 radical (unpaired) electrons. The first kappa shape index (κ1) is 17.3. The van der Waals surface area contributed by atoms with Crippen molar-refractivity contribution in [1.29, 1.82) is 10.7 Å². The number of nitriles is 1. The average molecular weight is 319 g/mol. The van der Waals surface area contributed by atoms with Crippen LogP contribution >= 0.6 is 0 Å². The van der Waals surface area contributed by atoms with Crippen LogP contribution in [0.5, 0.6) is 5.75 Å². The maximum absolute atomic E-state index is 9.00. The second kappa shape index (κ2) is 8.54. The van der Waals surface area contributed by atoms with Crippen molar-refractivity contribution >= 4 is 11.9 Å². The van der Waals surface area contributed by atoms with E-state index < -0.39 is 0 Å². The molecule has 0 bridgehead atoms. The molecule has 2 rings (SSSR count). The third-order valence-corrected chi connectivity index (χ3v) is 3.77. The Morgan fingerprint density at radius 3 is 2.75 bits per heavy atom. The highest BCUT2D eigenvalue weighted by Gasteiger charge is 2.05. The summed E-state index contributed by atoms with van der Waals surface area (Å²) in [6.07, 6.45) is 3.82. The number of ether oxygens (including phenoxy) is 1. The highest BCUT2D eigenvalue weighted by molar-refractivity contribution is 5.82. The second-order valence-corrected chi connectivity index (χ2v) is 5.26. The van der Waals surface area contributed by atoms with Gasteiger partial charge in [0.25, 0.3) is 0 Å². The lowest BCUT2D eigenvalue weighted by Gasteiger charge is -2.12. The average Bonchev–Trinajstić information content (AvgIpc) is 2.64. The van der Waals surface area contributed by atoms with Gasteiger partial charge in [0.1, 0.15) is 12.4 Å². The Morgan fingerprint density at radius 2 is 2.08 bits per heavy atom. The molecule has 2 aromatic rings. The Hall–Kier alpha value is -3.06. The molecule has 0 aromatic heterocycles. The molecule has 0 saturated carbocycles. The lowest BCUT2D eigenvalue weighted by Crippen LogP contribution is -2.05. The Balaban J connectivity index is 2.17. The standard InChI is InChI=1S/C20H21N3O/c1-3-16-11-15(13-22)7-8-18(16)14-24-19-6-4-5-17(12-19)20(23-2)9-10-21/h4-12,21,23H,3,14H2,1-2H3/b20-9-,21-10?. The highest BCUT2D eigenvalue weighted by atomic mass is 16.5. The first-order valence-corrected chi connectivity index (χ1v) is 7.85. The van der Waals surface area contributed by atoms with Crippen molar-refractivity contribution in [2.45, 2.75) is 20.0 Å². The highest BCUT2D eigenvalue weighted by Crippen LogP contribution is 2.21. The molecule has 0 spiro atoms. The molecule has 2 N–H and O–H groups in total. The van der Waals surface area contributed by atoms with Crippen LogP contribution < -0.4 is 10.1 Å². The van der Waals surface area contributed by atoms with Gasteiger partial charge in [-0.3, -0.25) is 0 Å². The first-order valence-electron chi connectivity index (χ1n) is 7.85. The van der Waals surface area contributed by atoms with Gasteiger partial charge in [-0.25, -0.2) is 0 Å². The van der Waals surface area contributed by atoms with E-state index in [1.165, 1.54) is 6.21 Å². The molecule has 4 heteroatoms. The van der Waals surface area contributed by atoms with Gasteiger partial charge in [-0.2, -0.15) is 5.26 Å². The van der Waals surface area contributed by atoms with Crippen LogP contribution in [0.15, 0.2) is 48.5 Å². The Labute approximate surface area is 142 Å². The lowest BCUT2D eigenvalue weighted by molar-refractivity contribution is 0.305. The van der Waals surface area contributed by atoms with Gasteiger partial charge in [0, 0.05) is 24.5 Å². The second-order valence-electron chi connectivity index (χ2n) is 5.26. The Bertz CT molecular complexity index is 788. The summed E-state index contributed by atoms with van der Waals surface area (Å²) in [6.45, 7) is 2.53. The number of hydrogen-bond donors (Lipinski definition) is 2. The molecule has 0 saturated heterocycles. The first-order chi connectivity index (χ1) is 11.7. The summed E-state index contributed by atoms with van der Waals surface area (Å²) < 4.78 is 5.93. The van der Waals surface area contributed by atoms with E-state index >= 15 is 0 Å². The monoisotopic (exact) mass is 319 g/mol. The van der Waals surface area contributed by atoms with Crippen molar-refractivity contribution in [3.8, 4) is 11.8 Å². The minimum Gasteiger partial charge on any atom is -0.489 e. The number of aryl methyl sites for hydroxylation is 1. The third kappa shape index (κ3) is 4.23. The zero-order valence-electron chi connectivity index (χ0n) is 14.0. The molecule has 0 aliphatic heterocycles. The van der Waals surface area contributed by atoms with Gasteiger partial charge in [0.15, 0.2) is 0 Å². The van der Waals surface area contributed by atoms with Gasteiger partial charge in [0.05, 0.1) is 11.6 Å². The van der Waals surface area contributed by atoms with Crippen molar-refractivity contribution in [2.24, 2.45) is 0 Å². The van der Waals surface area contributed by atoms with E-state index in [4.69, 9.17) is 15.4 Å². The maximum Gasteiger partial charge on any atom is 0.120 e. The molecule has 0 amide bonds. The van der Waals surface area contributed by atoms with Gasteiger partial charge in [0.2, 0.25) is 0 Å². The molecule has 122 valence electrons. The normalized spacial score (nSPS) is 10.8. The Kier molecular flexibility index (Phi) is 6.16. The van der Waals surface area contributed by atoms with Crippen molar-refractivity contribution in [3.05, 3.63) is 70.8 Å². The number of rotatable bonds is 7. The van der Waals surface area contributed by atoms with Crippen molar-refractivity contribution in [2.75, 3.05) is 7.05 Å². The van der Waals surface area contributed by atoms with E-state index in [0.29, 0.717) is 12.2 Å². The van der Waals surface area contributed by atoms with Crippen LogP contribution in [0.4, 0.5) is 0 Å². The predicted octanol–water partition coefficient (Wildman–Crippen LogP) is 3.91. The Morgan fingerprint density at radius 1 is 1.25 bits per heavy atom. The van der Waals surface area contributed by atoms with Gasteiger partial charge in [-0.15, -0.1) is 0 Å². The summed E-state index contributed by atoms with van der Waals surface area (Å²) in [5.41, 5.74) is 4.72. The van der Waals surface area contributed by atoms with E-state index in [2.05, 4.69) is 18.3 Å². The predicted molar refractivity (Wildman–Crippen MR) is 97.1 cm³/mol. The summed E-state index contributed by atoms with van der Waals surface area (Å²) in [6, 6.07) is 15.6. The molecule has 0 aliphatic carbocycles. The van der Waals surface area contributed by atoms with Crippen LogP contribution in [0.1, 0.15) is 29.2 Å². The van der Waals surface area contributed by atoms with Crippen molar-refractivity contribution in [1.82, 2.24) is 5.32 Å². The van der Waals surface area contributed by atoms with Crippen LogP contribution in [0, 0.1) is 16.7 Å².